The summed E-state index contributed by atoms with van der Waals surface area (Å²) in [4.78, 5) is 25.9. The first kappa shape index (κ1) is 22.9. The van der Waals surface area contributed by atoms with Crippen molar-refractivity contribution in [2.45, 2.75) is 44.4 Å². The predicted octanol–water partition coefficient (Wildman–Crippen LogP) is 2.67. The summed E-state index contributed by atoms with van der Waals surface area (Å²) >= 11 is 1.28. The van der Waals surface area contributed by atoms with Crippen LogP contribution < -0.4 is 10.6 Å². The van der Waals surface area contributed by atoms with E-state index >= 15 is 0 Å². The molecule has 2 rings (SSSR count). The molecular weight excluding hydrogens is 388 g/mol. The standard InChI is InChI=1S/C20H30N6O2S/c1-5-12-21-19(28)22-17(27)14-29-20-24-23-18(16(6-2)25(3)4)26(20)13-15-10-8-7-9-11-15/h7-11,16H,5-6,12-14H2,1-4H3,(H2,21,22,27,28). The molecule has 2 N–H and O–H groups in total. The van der Waals surface area contributed by atoms with Crippen molar-refractivity contribution in [2.24, 2.45) is 0 Å². The number of thioether (sulfide) groups is 1. The summed E-state index contributed by atoms with van der Waals surface area (Å²) in [5, 5.41) is 14.4. The second kappa shape index (κ2) is 11.6. The van der Waals surface area contributed by atoms with E-state index in [1.807, 2.05) is 39.2 Å². The normalized spacial score (nSPS) is 12.0. The molecule has 29 heavy (non-hydrogen) atoms. The highest BCUT2D eigenvalue weighted by molar-refractivity contribution is 7.99. The van der Waals surface area contributed by atoms with Gasteiger partial charge in [-0.3, -0.25) is 15.0 Å². The van der Waals surface area contributed by atoms with E-state index in [-0.39, 0.29) is 17.7 Å². The number of benzene rings is 1. The Morgan fingerprint density at radius 1 is 1.17 bits per heavy atom. The minimum absolute atomic E-state index is 0.0885. The Balaban J connectivity index is 2.15. The van der Waals surface area contributed by atoms with Gasteiger partial charge in [-0.2, -0.15) is 0 Å². The van der Waals surface area contributed by atoms with E-state index in [9.17, 15) is 9.59 Å². The zero-order valence-electron chi connectivity index (χ0n) is 17.5. The zero-order valence-corrected chi connectivity index (χ0v) is 18.3. The number of imide groups is 1. The third-order valence-corrected chi connectivity index (χ3v) is 5.32. The molecule has 1 aromatic carbocycles. The van der Waals surface area contributed by atoms with E-state index in [1.165, 1.54) is 11.8 Å². The molecule has 0 fully saturated rings. The van der Waals surface area contributed by atoms with Crippen molar-refractivity contribution >= 4 is 23.7 Å². The van der Waals surface area contributed by atoms with Crippen molar-refractivity contribution in [3.05, 3.63) is 41.7 Å². The van der Waals surface area contributed by atoms with Gasteiger partial charge in [-0.05, 0) is 32.5 Å². The summed E-state index contributed by atoms with van der Waals surface area (Å²) < 4.78 is 2.05. The van der Waals surface area contributed by atoms with Crippen LogP contribution in [0.25, 0.3) is 0 Å². The van der Waals surface area contributed by atoms with Gasteiger partial charge in [-0.1, -0.05) is 55.9 Å². The molecule has 0 aliphatic carbocycles. The van der Waals surface area contributed by atoms with Gasteiger partial charge in [0.1, 0.15) is 0 Å². The quantitative estimate of drug-likeness (QED) is 0.577. The number of hydrogen-bond acceptors (Lipinski definition) is 6. The molecule has 1 unspecified atom stereocenters. The molecule has 0 bridgehead atoms. The average Bonchev–Trinajstić information content (AvgIpc) is 3.08. The molecule has 2 aromatic rings. The van der Waals surface area contributed by atoms with Crippen LogP contribution in [0.1, 0.15) is 44.1 Å². The van der Waals surface area contributed by atoms with Crippen LogP contribution in [-0.2, 0) is 11.3 Å². The van der Waals surface area contributed by atoms with Gasteiger partial charge >= 0.3 is 6.03 Å². The van der Waals surface area contributed by atoms with Crippen LogP contribution in [0.4, 0.5) is 4.79 Å². The molecule has 1 aromatic heterocycles. The van der Waals surface area contributed by atoms with Gasteiger partial charge in [0, 0.05) is 6.54 Å². The summed E-state index contributed by atoms with van der Waals surface area (Å²) in [5.41, 5.74) is 1.13. The predicted molar refractivity (Wildman–Crippen MR) is 115 cm³/mol. The Kier molecular flexibility index (Phi) is 9.14. The highest BCUT2D eigenvalue weighted by atomic mass is 32.2. The smallest absolute Gasteiger partial charge is 0.321 e. The van der Waals surface area contributed by atoms with E-state index < -0.39 is 6.03 Å². The highest BCUT2D eigenvalue weighted by Crippen LogP contribution is 2.26. The zero-order chi connectivity index (χ0) is 21.2. The molecule has 1 atom stereocenters. The second-order valence-corrected chi connectivity index (χ2v) is 7.84. The summed E-state index contributed by atoms with van der Waals surface area (Å²) in [6.45, 7) is 5.21. The molecule has 0 aliphatic rings. The maximum absolute atomic E-state index is 12.1. The largest absolute Gasteiger partial charge is 0.338 e. The minimum atomic E-state index is -0.470. The van der Waals surface area contributed by atoms with Gasteiger partial charge in [0.2, 0.25) is 5.91 Å². The van der Waals surface area contributed by atoms with E-state index in [0.29, 0.717) is 18.2 Å². The lowest BCUT2D eigenvalue weighted by molar-refractivity contribution is -0.117. The number of rotatable bonds is 10. The third-order valence-electron chi connectivity index (χ3n) is 4.36. The molecule has 0 radical (unpaired) electrons. The van der Waals surface area contributed by atoms with Crippen molar-refractivity contribution in [2.75, 3.05) is 26.4 Å². The van der Waals surface area contributed by atoms with Crippen LogP contribution in [0, 0.1) is 0 Å². The molecule has 1 heterocycles. The maximum Gasteiger partial charge on any atom is 0.321 e. The average molecular weight is 419 g/mol. The SMILES string of the molecule is CCCNC(=O)NC(=O)CSc1nnc(C(CC)N(C)C)n1Cc1ccccc1. The fourth-order valence-corrected chi connectivity index (χ4v) is 3.67. The summed E-state index contributed by atoms with van der Waals surface area (Å²) in [7, 11) is 4.04. The lowest BCUT2D eigenvalue weighted by Gasteiger charge is -2.23. The lowest BCUT2D eigenvalue weighted by atomic mass is 10.2. The van der Waals surface area contributed by atoms with Crippen LogP contribution in [-0.4, -0.2) is 58.0 Å². The van der Waals surface area contributed by atoms with Gasteiger partial charge in [0.15, 0.2) is 11.0 Å². The van der Waals surface area contributed by atoms with Crippen molar-refractivity contribution < 1.29 is 9.59 Å². The second-order valence-electron chi connectivity index (χ2n) is 6.89. The Morgan fingerprint density at radius 2 is 1.90 bits per heavy atom. The third kappa shape index (κ3) is 6.86. The Labute approximate surface area is 176 Å². The maximum atomic E-state index is 12.1. The number of carbonyl (C=O) groups excluding carboxylic acids is 2. The first-order valence-corrected chi connectivity index (χ1v) is 10.8. The number of carbonyl (C=O) groups is 2. The van der Waals surface area contributed by atoms with E-state index in [4.69, 9.17) is 0 Å². The topological polar surface area (TPSA) is 92.2 Å². The first-order valence-electron chi connectivity index (χ1n) is 9.80. The molecule has 0 saturated carbocycles. The van der Waals surface area contributed by atoms with Gasteiger partial charge in [0.25, 0.3) is 0 Å². The summed E-state index contributed by atoms with van der Waals surface area (Å²) in [6, 6.07) is 9.74. The number of nitrogens with one attached hydrogen (secondary N) is 2. The number of hydrogen-bond donors (Lipinski definition) is 2. The molecule has 9 heteroatoms. The van der Waals surface area contributed by atoms with Crippen LogP contribution in [0.5, 0.6) is 0 Å². The van der Waals surface area contributed by atoms with E-state index in [0.717, 1.165) is 24.2 Å². The van der Waals surface area contributed by atoms with Crippen molar-refractivity contribution in [3.63, 3.8) is 0 Å². The Bertz CT molecular complexity index is 794. The van der Waals surface area contributed by atoms with Crippen LogP contribution in [0.3, 0.4) is 0 Å². The number of urea groups is 1. The number of amides is 3. The summed E-state index contributed by atoms with van der Waals surface area (Å²) in [5.74, 6) is 0.592. The summed E-state index contributed by atoms with van der Waals surface area (Å²) in [6.07, 6.45) is 1.70. The first-order chi connectivity index (χ1) is 14.0. The number of nitrogens with zero attached hydrogens (tertiary/aromatic N) is 4. The molecule has 0 spiro atoms. The molecule has 0 aliphatic heterocycles. The van der Waals surface area contributed by atoms with Gasteiger partial charge in [-0.25, -0.2) is 4.79 Å². The fraction of sp³-hybridized carbons (Fsp3) is 0.500. The van der Waals surface area contributed by atoms with Gasteiger partial charge in [0.05, 0.1) is 18.3 Å². The van der Waals surface area contributed by atoms with Crippen molar-refractivity contribution in [3.8, 4) is 0 Å². The van der Waals surface area contributed by atoms with Gasteiger partial charge in [-0.15, -0.1) is 10.2 Å². The highest BCUT2D eigenvalue weighted by Gasteiger charge is 2.22. The van der Waals surface area contributed by atoms with Crippen LogP contribution in [0.15, 0.2) is 35.5 Å². The lowest BCUT2D eigenvalue weighted by Crippen LogP contribution is -2.40. The molecule has 0 saturated heterocycles. The monoisotopic (exact) mass is 418 g/mol. The molecule has 158 valence electrons. The molecular formula is C20H30N6O2S. The Morgan fingerprint density at radius 3 is 2.52 bits per heavy atom. The number of aromatic nitrogens is 3. The van der Waals surface area contributed by atoms with Crippen LogP contribution in [0.2, 0.25) is 0 Å². The molecule has 3 amide bonds. The van der Waals surface area contributed by atoms with Crippen molar-refractivity contribution in [1.29, 1.82) is 0 Å². The van der Waals surface area contributed by atoms with Crippen LogP contribution >= 0.6 is 11.8 Å². The minimum Gasteiger partial charge on any atom is -0.338 e. The molecule has 8 nitrogen and oxygen atoms in total. The Hall–Kier alpha value is -2.39. The van der Waals surface area contributed by atoms with E-state index in [1.54, 1.807) is 0 Å². The van der Waals surface area contributed by atoms with E-state index in [2.05, 4.69) is 49.4 Å². The fourth-order valence-electron chi connectivity index (χ4n) is 2.92. The van der Waals surface area contributed by atoms with Crippen molar-refractivity contribution in [1.82, 2.24) is 30.3 Å². The van der Waals surface area contributed by atoms with Gasteiger partial charge < -0.3 is 9.88 Å².